The van der Waals surface area contributed by atoms with E-state index in [2.05, 4.69) is 10.3 Å². The molecular weight excluding hydrogens is 252 g/mol. The van der Waals surface area contributed by atoms with E-state index in [0.29, 0.717) is 6.61 Å². The Kier molecular flexibility index (Phi) is 5.00. The minimum atomic E-state index is 0.668. The van der Waals surface area contributed by atoms with Gasteiger partial charge >= 0.3 is 0 Å². The molecule has 0 amide bonds. The van der Waals surface area contributed by atoms with Crippen molar-refractivity contribution in [1.29, 1.82) is 0 Å². The van der Waals surface area contributed by atoms with Crippen LogP contribution >= 0.6 is 0 Å². The van der Waals surface area contributed by atoms with Crippen LogP contribution < -0.4 is 14.8 Å². The van der Waals surface area contributed by atoms with E-state index in [1.54, 1.807) is 13.4 Å². The molecule has 0 spiro atoms. The van der Waals surface area contributed by atoms with Crippen LogP contribution in [-0.2, 0) is 0 Å². The Hall–Kier alpha value is -2.49. The molecular formula is C16H18N2O2. The van der Waals surface area contributed by atoms with E-state index in [9.17, 15) is 0 Å². The molecule has 0 aliphatic rings. The lowest BCUT2D eigenvalue weighted by molar-refractivity contribution is 0.340. The van der Waals surface area contributed by atoms with Crippen molar-refractivity contribution >= 4 is 17.7 Å². The summed E-state index contributed by atoms with van der Waals surface area (Å²) in [6, 6.07) is 15.3. The minimum absolute atomic E-state index is 0.668. The van der Waals surface area contributed by atoms with Gasteiger partial charge in [-0.2, -0.15) is 0 Å². The maximum atomic E-state index is 5.38. The van der Waals surface area contributed by atoms with Gasteiger partial charge in [-0.3, -0.25) is 0 Å². The molecule has 1 N–H and O–H groups in total. The first kappa shape index (κ1) is 13.9. The molecule has 0 heterocycles. The number of ether oxygens (including phenoxy) is 2. The summed E-state index contributed by atoms with van der Waals surface area (Å²) in [5.41, 5.74) is 1.83. The predicted octanol–water partition coefficient (Wildman–Crippen LogP) is 3.87. The molecule has 2 aromatic rings. The maximum absolute atomic E-state index is 5.38. The van der Waals surface area contributed by atoms with Crippen LogP contribution in [0.25, 0.3) is 0 Å². The van der Waals surface area contributed by atoms with Crippen LogP contribution in [0, 0.1) is 0 Å². The van der Waals surface area contributed by atoms with E-state index in [1.165, 1.54) is 0 Å². The van der Waals surface area contributed by atoms with Crippen LogP contribution in [0.1, 0.15) is 6.92 Å². The van der Waals surface area contributed by atoms with Gasteiger partial charge in [0.15, 0.2) is 0 Å². The van der Waals surface area contributed by atoms with Crippen molar-refractivity contribution in [3.63, 3.8) is 0 Å². The molecule has 0 unspecified atom stereocenters. The van der Waals surface area contributed by atoms with Gasteiger partial charge in [-0.05, 0) is 55.5 Å². The zero-order valence-corrected chi connectivity index (χ0v) is 11.7. The molecule has 20 heavy (non-hydrogen) atoms. The summed E-state index contributed by atoms with van der Waals surface area (Å²) in [6.07, 6.45) is 1.66. The lowest BCUT2D eigenvalue weighted by atomic mass is 10.3. The fourth-order valence-electron chi connectivity index (χ4n) is 1.66. The van der Waals surface area contributed by atoms with Gasteiger partial charge in [0.1, 0.15) is 11.5 Å². The van der Waals surface area contributed by atoms with Gasteiger partial charge in [-0.25, -0.2) is 4.99 Å². The quantitative estimate of drug-likeness (QED) is 0.640. The molecule has 2 rings (SSSR count). The second kappa shape index (κ2) is 7.19. The van der Waals surface area contributed by atoms with Crippen molar-refractivity contribution in [1.82, 2.24) is 0 Å². The van der Waals surface area contributed by atoms with Crippen molar-refractivity contribution in [2.45, 2.75) is 6.92 Å². The first-order valence-corrected chi connectivity index (χ1v) is 6.48. The highest BCUT2D eigenvalue weighted by atomic mass is 16.5. The number of nitrogens with zero attached hydrogens (tertiary/aromatic N) is 1. The number of rotatable bonds is 6. The molecule has 2 aromatic carbocycles. The van der Waals surface area contributed by atoms with Crippen LogP contribution in [0.4, 0.5) is 11.4 Å². The molecule has 0 aromatic heterocycles. The van der Waals surface area contributed by atoms with Crippen molar-refractivity contribution < 1.29 is 9.47 Å². The Labute approximate surface area is 119 Å². The van der Waals surface area contributed by atoms with E-state index in [1.807, 2.05) is 55.5 Å². The summed E-state index contributed by atoms with van der Waals surface area (Å²) in [5.74, 6) is 1.69. The van der Waals surface area contributed by atoms with Crippen LogP contribution in [-0.4, -0.2) is 20.1 Å². The van der Waals surface area contributed by atoms with Crippen LogP contribution in [0.2, 0.25) is 0 Å². The van der Waals surface area contributed by atoms with E-state index in [4.69, 9.17) is 9.47 Å². The first-order chi connectivity index (χ1) is 9.81. The molecule has 0 aliphatic carbocycles. The van der Waals surface area contributed by atoms with E-state index in [-0.39, 0.29) is 0 Å². The number of nitrogens with one attached hydrogen (secondary N) is 1. The summed E-state index contributed by atoms with van der Waals surface area (Å²) in [5, 5.41) is 3.11. The van der Waals surface area contributed by atoms with Gasteiger partial charge < -0.3 is 14.8 Å². The molecule has 0 bridgehead atoms. The SMILES string of the molecule is CCOc1ccc(N=CNc2ccc(OC)cc2)cc1. The first-order valence-electron chi connectivity index (χ1n) is 6.48. The number of hydrogen-bond donors (Lipinski definition) is 1. The summed E-state index contributed by atoms with van der Waals surface area (Å²) < 4.78 is 10.5. The van der Waals surface area contributed by atoms with Crippen molar-refractivity contribution in [3.8, 4) is 11.5 Å². The number of methoxy groups -OCH3 is 1. The predicted molar refractivity (Wildman–Crippen MR) is 82.4 cm³/mol. The molecule has 0 atom stereocenters. The lowest BCUT2D eigenvalue weighted by Gasteiger charge is -2.03. The topological polar surface area (TPSA) is 42.8 Å². The van der Waals surface area contributed by atoms with E-state index >= 15 is 0 Å². The Morgan fingerprint density at radius 1 is 1.00 bits per heavy atom. The van der Waals surface area contributed by atoms with E-state index < -0.39 is 0 Å². The summed E-state index contributed by atoms with van der Waals surface area (Å²) in [4.78, 5) is 4.32. The molecule has 0 saturated carbocycles. The molecule has 104 valence electrons. The lowest BCUT2D eigenvalue weighted by Crippen LogP contribution is -1.94. The van der Waals surface area contributed by atoms with E-state index in [0.717, 1.165) is 22.9 Å². The monoisotopic (exact) mass is 270 g/mol. The fraction of sp³-hybridized carbons (Fsp3) is 0.188. The average Bonchev–Trinajstić information content (AvgIpc) is 2.50. The smallest absolute Gasteiger partial charge is 0.119 e. The summed E-state index contributed by atoms with van der Waals surface area (Å²) in [6.45, 7) is 2.63. The average molecular weight is 270 g/mol. The van der Waals surface area contributed by atoms with Gasteiger partial charge in [0.25, 0.3) is 0 Å². The molecule has 0 fully saturated rings. The second-order valence-electron chi connectivity index (χ2n) is 4.06. The third-order valence-electron chi connectivity index (χ3n) is 2.68. The number of hydrogen-bond acceptors (Lipinski definition) is 3. The molecule has 0 radical (unpaired) electrons. The Morgan fingerprint density at radius 2 is 1.65 bits per heavy atom. The number of anilines is 1. The molecule has 4 heteroatoms. The Bertz CT molecular complexity index is 548. The number of aliphatic imine (C=N–C) groups is 1. The summed E-state index contributed by atoms with van der Waals surface area (Å²) >= 11 is 0. The highest BCUT2D eigenvalue weighted by Crippen LogP contribution is 2.18. The van der Waals surface area contributed by atoms with Gasteiger partial charge in [-0.1, -0.05) is 0 Å². The third kappa shape index (κ3) is 4.02. The minimum Gasteiger partial charge on any atom is -0.497 e. The Morgan fingerprint density at radius 3 is 2.25 bits per heavy atom. The summed E-state index contributed by atoms with van der Waals surface area (Å²) in [7, 11) is 1.65. The standard InChI is InChI=1S/C16H18N2O2/c1-3-20-16-10-6-14(7-11-16)18-12-17-13-4-8-15(19-2)9-5-13/h4-12H,3H2,1-2H3,(H,17,18). The zero-order valence-electron chi connectivity index (χ0n) is 11.7. The van der Waals surface area contributed by atoms with Crippen LogP contribution in [0.5, 0.6) is 11.5 Å². The number of benzene rings is 2. The largest absolute Gasteiger partial charge is 0.497 e. The Balaban J connectivity index is 1.91. The van der Waals surface area contributed by atoms with Crippen LogP contribution in [0.15, 0.2) is 53.5 Å². The molecule has 0 aliphatic heterocycles. The zero-order chi connectivity index (χ0) is 14.2. The maximum Gasteiger partial charge on any atom is 0.119 e. The van der Waals surface area contributed by atoms with Gasteiger partial charge in [0.05, 0.1) is 25.7 Å². The van der Waals surface area contributed by atoms with Crippen LogP contribution in [0.3, 0.4) is 0 Å². The fourth-order valence-corrected chi connectivity index (χ4v) is 1.66. The highest BCUT2D eigenvalue weighted by Gasteiger charge is 1.93. The van der Waals surface area contributed by atoms with Crippen molar-refractivity contribution in [2.75, 3.05) is 19.0 Å². The van der Waals surface area contributed by atoms with Crippen molar-refractivity contribution in [2.24, 2.45) is 4.99 Å². The van der Waals surface area contributed by atoms with Gasteiger partial charge in [-0.15, -0.1) is 0 Å². The molecule has 4 nitrogen and oxygen atoms in total. The second-order valence-corrected chi connectivity index (χ2v) is 4.06. The van der Waals surface area contributed by atoms with Gasteiger partial charge in [0.2, 0.25) is 0 Å². The van der Waals surface area contributed by atoms with Gasteiger partial charge in [0, 0.05) is 5.69 Å². The third-order valence-corrected chi connectivity index (χ3v) is 2.68. The normalized spacial score (nSPS) is 10.5. The molecule has 0 saturated heterocycles. The van der Waals surface area contributed by atoms with Crippen molar-refractivity contribution in [3.05, 3.63) is 48.5 Å². The highest BCUT2D eigenvalue weighted by molar-refractivity contribution is 5.78.